The molecule has 2 N–H and O–H groups in total. The lowest BCUT2D eigenvalue weighted by atomic mass is 9.72. The third kappa shape index (κ3) is 5.45. The quantitative estimate of drug-likeness (QED) is 0.514. The Morgan fingerprint density at radius 2 is 1.91 bits per heavy atom. The normalized spacial score (nSPS) is 25.2. The Morgan fingerprint density at radius 3 is 2.56 bits per heavy atom. The summed E-state index contributed by atoms with van der Waals surface area (Å²) in [4.78, 5) is 11.9. The molecule has 1 saturated heterocycles. The molecule has 1 aliphatic heterocycles. The molecule has 0 bridgehead atoms. The topological polar surface area (TPSA) is 71.0 Å². The highest BCUT2D eigenvalue weighted by Crippen LogP contribution is 2.46. The number of nitrogens with zero attached hydrogens (tertiary/aromatic N) is 1. The molecule has 0 amide bonds. The number of nitrogens with one attached hydrogen (secondary N) is 1. The maximum Gasteiger partial charge on any atom is 0.161 e. The summed E-state index contributed by atoms with van der Waals surface area (Å²) in [5.41, 5.74) is 5.27. The third-order valence-corrected chi connectivity index (χ3v) is 7.68. The van der Waals surface area contributed by atoms with Crippen molar-refractivity contribution >= 4 is 6.29 Å². The number of benzene rings is 2. The number of carbonyl (C=O) groups excluding carboxylic acids is 1. The second-order valence-corrected chi connectivity index (χ2v) is 10.1. The maximum absolute atomic E-state index is 11.9. The lowest BCUT2D eigenvalue weighted by molar-refractivity contribution is -0.110. The van der Waals surface area contributed by atoms with Crippen LogP contribution in [-0.4, -0.2) is 54.9 Å². The second kappa shape index (κ2) is 10.9. The smallest absolute Gasteiger partial charge is 0.161 e. The van der Waals surface area contributed by atoms with E-state index < -0.39 is 6.10 Å². The van der Waals surface area contributed by atoms with Crippen molar-refractivity contribution in [3.63, 3.8) is 0 Å². The highest BCUT2D eigenvalue weighted by atomic mass is 16.5. The Balaban J connectivity index is 1.53. The number of carbonyl (C=O) groups is 1. The number of hydrogen-bond acceptors (Lipinski definition) is 6. The van der Waals surface area contributed by atoms with Crippen LogP contribution in [0, 0.1) is 5.41 Å². The molecule has 1 aliphatic carbocycles. The SMILES string of the molecule is COc1ccc(C2CN(NC(C=O)Cc3ccccc3)CC2(C)C(C)O)cc1OC1CCCC1. The van der Waals surface area contributed by atoms with Gasteiger partial charge in [-0.05, 0) is 62.3 Å². The molecule has 2 aromatic rings. The molecule has 1 saturated carbocycles. The summed E-state index contributed by atoms with van der Waals surface area (Å²) in [7, 11) is 1.67. The van der Waals surface area contributed by atoms with Gasteiger partial charge in [-0.1, -0.05) is 43.3 Å². The van der Waals surface area contributed by atoms with Gasteiger partial charge in [0.15, 0.2) is 11.5 Å². The summed E-state index contributed by atoms with van der Waals surface area (Å²) in [6, 6.07) is 15.8. The monoisotopic (exact) mass is 466 g/mol. The fourth-order valence-electron chi connectivity index (χ4n) is 5.44. The van der Waals surface area contributed by atoms with Gasteiger partial charge >= 0.3 is 0 Å². The van der Waals surface area contributed by atoms with Gasteiger partial charge in [0.25, 0.3) is 0 Å². The van der Waals surface area contributed by atoms with Crippen LogP contribution in [0.1, 0.15) is 56.6 Å². The van der Waals surface area contributed by atoms with E-state index in [9.17, 15) is 9.90 Å². The Kier molecular flexibility index (Phi) is 7.91. The van der Waals surface area contributed by atoms with Crippen LogP contribution in [0.15, 0.2) is 48.5 Å². The van der Waals surface area contributed by atoms with E-state index in [0.717, 1.165) is 41.8 Å². The van der Waals surface area contributed by atoms with Gasteiger partial charge in [0, 0.05) is 24.4 Å². The number of hydrogen-bond donors (Lipinski definition) is 2. The Labute approximate surface area is 203 Å². The van der Waals surface area contributed by atoms with Crippen LogP contribution in [-0.2, 0) is 11.2 Å². The summed E-state index contributed by atoms with van der Waals surface area (Å²) in [5, 5.41) is 12.9. The van der Waals surface area contributed by atoms with Crippen molar-refractivity contribution in [2.24, 2.45) is 5.41 Å². The summed E-state index contributed by atoms with van der Waals surface area (Å²) in [6.45, 7) is 5.31. The van der Waals surface area contributed by atoms with Crippen molar-refractivity contribution in [1.82, 2.24) is 10.4 Å². The largest absolute Gasteiger partial charge is 0.493 e. The molecule has 4 atom stereocenters. The molecule has 34 heavy (non-hydrogen) atoms. The summed E-state index contributed by atoms with van der Waals surface area (Å²) in [6.07, 6.45) is 5.88. The summed E-state index contributed by atoms with van der Waals surface area (Å²) < 4.78 is 11.9. The van der Waals surface area contributed by atoms with Crippen molar-refractivity contribution in [2.45, 2.75) is 70.1 Å². The van der Waals surface area contributed by atoms with Crippen LogP contribution >= 0.6 is 0 Å². The van der Waals surface area contributed by atoms with Crippen molar-refractivity contribution in [3.8, 4) is 11.5 Å². The molecule has 4 rings (SSSR count). The van der Waals surface area contributed by atoms with Gasteiger partial charge in [-0.2, -0.15) is 0 Å². The van der Waals surface area contributed by atoms with E-state index in [1.807, 2.05) is 43.3 Å². The van der Waals surface area contributed by atoms with Crippen molar-refractivity contribution in [3.05, 3.63) is 59.7 Å². The minimum atomic E-state index is -0.519. The Morgan fingerprint density at radius 1 is 1.18 bits per heavy atom. The zero-order valence-electron chi connectivity index (χ0n) is 20.6. The second-order valence-electron chi connectivity index (χ2n) is 10.1. The number of aldehydes is 1. The van der Waals surface area contributed by atoms with E-state index in [4.69, 9.17) is 9.47 Å². The minimum absolute atomic E-state index is 0.0702. The van der Waals surface area contributed by atoms with E-state index in [2.05, 4.69) is 29.5 Å². The molecule has 1 heterocycles. The van der Waals surface area contributed by atoms with Gasteiger partial charge in [-0.15, -0.1) is 0 Å². The molecular formula is C28H38N2O4. The fourth-order valence-corrected chi connectivity index (χ4v) is 5.44. The van der Waals surface area contributed by atoms with Crippen LogP contribution in [0.2, 0.25) is 0 Å². The number of hydrazine groups is 1. The molecule has 0 aromatic heterocycles. The van der Waals surface area contributed by atoms with Crippen molar-refractivity contribution in [1.29, 1.82) is 0 Å². The van der Waals surface area contributed by atoms with Crippen LogP contribution in [0.5, 0.6) is 11.5 Å². The highest BCUT2D eigenvalue weighted by Gasteiger charge is 2.47. The van der Waals surface area contributed by atoms with Crippen molar-refractivity contribution < 1.29 is 19.4 Å². The molecule has 2 aliphatic rings. The molecule has 6 nitrogen and oxygen atoms in total. The zero-order valence-corrected chi connectivity index (χ0v) is 20.6. The average Bonchev–Trinajstić information content (AvgIpc) is 3.47. The van der Waals surface area contributed by atoms with Crippen LogP contribution in [0.25, 0.3) is 0 Å². The number of rotatable bonds is 10. The van der Waals surface area contributed by atoms with Crippen LogP contribution in [0.3, 0.4) is 0 Å². The van der Waals surface area contributed by atoms with Crippen LogP contribution < -0.4 is 14.9 Å². The Bertz CT molecular complexity index is 945. The molecule has 4 unspecified atom stereocenters. The standard InChI is InChI=1S/C28H38N2O4/c1-20(32)28(2)19-30(29-23(18-31)15-21-9-5-4-6-10-21)17-25(28)22-13-14-26(33-3)27(16-22)34-24-11-7-8-12-24/h4-6,9-10,13-14,16,18,20,23-25,29,32H,7-8,11-12,15,17,19H2,1-3H3. The predicted octanol–water partition coefficient (Wildman–Crippen LogP) is 4.12. The lowest BCUT2D eigenvalue weighted by Gasteiger charge is -2.34. The van der Waals surface area contributed by atoms with E-state index in [1.165, 1.54) is 12.8 Å². The van der Waals surface area contributed by atoms with Crippen LogP contribution in [0.4, 0.5) is 0 Å². The first-order valence-electron chi connectivity index (χ1n) is 12.5. The van der Waals surface area contributed by atoms with Gasteiger partial charge < -0.3 is 19.4 Å². The van der Waals surface area contributed by atoms with Crippen molar-refractivity contribution in [2.75, 3.05) is 20.2 Å². The Hall–Kier alpha value is -2.41. The van der Waals surface area contributed by atoms with E-state index in [-0.39, 0.29) is 23.5 Å². The third-order valence-electron chi connectivity index (χ3n) is 7.68. The first-order chi connectivity index (χ1) is 16.4. The van der Waals surface area contributed by atoms with Gasteiger partial charge in [0.2, 0.25) is 0 Å². The maximum atomic E-state index is 11.9. The molecule has 184 valence electrons. The first-order valence-corrected chi connectivity index (χ1v) is 12.5. The fraction of sp³-hybridized carbons (Fsp3) is 0.536. The lowest BCUT2D eigenvalue weighted by Crippen LogP contribution is -2.47. The predicted molar refractivity (Wildman–Crippen MR) is 133 cm³/mol. The highest BCUT2D eigenvalue weighted by molar-refractivity contribution is 5.58. The summed E-state index contributed by atoms with van der Waals surface area (Å²) >= 11 is 0. The van der Waals surface area contributed by atoms with E-state index in [0.29, 0.717) is 19.5 Å². The molecule has 6 heteroatoms. The number of ether oxygens (including phenoxy) is 2. The molecule has 0 spiro atoms. The number of aliphatic hydroxyl groups excluding tert-OH is 1. The van der Waals surface area contributed by atoms with Gasteiger partial charge in [-0.3, -0.25) is 0 Å². The minimum Gasteiger partial charge on any atom is -0.493 e. The average molecular weight is 467 g/mol. The van der Waals surface area contributed by atoms with E-state index in [1.54, 1.807) is 7.11 Å². The zero-order chi connectivity index (χ0) is 24.1. The molecule has 0 radical (unpaired) electrons. The van der Waals surface area contributed by atoms with Gasteiger partial charge in [-0.25, -0.2) is 10.4 Å². The summed E-state index contributed by atoms with van der Waals surface area (Å²) in [5.74, 6) is 1.59. The molecule has 2 aromatic carbocycles. The van der Waals surface area contributed by atoms with E-state index >= 15 is 0 Å². The number of methoxy groups -OCH3 is 1. The van der Waals surface area contributed by atoms with Gasteiger partial charge in [0.05, 0.1) is 25.4 Å². The molecule has 2 fully saturated rings. The number of aliphatic hydroxyl groups is 1. The first kappa shape index (κ1) is 24.7. The van der Waals surface area contributed by atoms with Gasteiger partial charge in [0.1, 0.15) is 6.29 Å². The molecular weight excluding hydrogens is 428 g/mol.